The normalized spacial score (nSPS) is 10.1. The SMILES string of the molecule is CN(Cc1ccc(F)cc1Br)C(=O)CCl. The Hall–Kier alpha value is -0.610. The molecule has 0 aliphatic carbocycles. The van der Waals surface area contributed by atoms with Crippen LogP contribution in [0.4, 0.5) is 4.39 Å². The van der Waals surface area contributed by atoms with Gasteiger partial charge in [0.15, 0.2) is 0 Å². The maximum Gasteiger partial charge on any atom is 0.237 e. The Morgan fingerprint density at radius 2 is 2.27 bits per heavy atom. The Labute approximate surface area is 101 Å². The van der Waals surface area contributed by atoms with Crippen LogP contribution in [0, 0.1) is 5.82 Å². The summed E-state index contributed by atoms with van der Waals surface area (Å²) in [5, 5.41) is 0. The van der Waals surface area contributed by atoms with Crippen LogP contribution in [0.2, 0.25) is 0 Å². The van der Waals surface area contributed by atoms with Gasteiger partial charge < -0.3 is 4.90 Å². The zero-order valence-electron chi connectivity index (χ0n) is 8.14. The van der Waals surface area contributed by atoms with Crippen molar-refractivity contribution in [3.63, 3.8) is 0 Å². The topological polar surface area (TPSA) is 20.3 Å². The number of halogens is 3. The summed E-state index contributed by atoms with van der Waals surface area (Å²) in [7, 11) is 1.65. The third-order valence-electron chi connectivity index (χ3n) is 1.96. The third kappa shape index (κ3) is 3.47. The molecule has 2 nitrogen and oxygen atoms in total. The Morgan fingerprint density at radius 1 is 1.60 bits per heavy atom. The van der Waals surface area contributed by atoms with Crippen molar-refractivity contribution >= 4 is 33.4 Å². The first kappa shape index (κ1) is 12.5. The van der Waals surface area contributed by atoms with E-state index in [9.17, 15) is 9.18 Å². The van der Waals surface area contributed by atoms with Crippen LogP contribution in [0.5, 0.6) is 0 Å². The van der Waals surface area contributed by atoms with E-state index in [4.69, 9.17) is 11.6 Å². The fourth-order valence-electron chi connectivity index (χ4n) is 1.10. The number of hydrogen-bond donors (Lipinski definition) is 0. The predicted molar refractivity (Wildman–Crippen MR) is 61.3 cm³/mol. The molecule has 0 spiro atoms. The van der Waals surface area contributed by atoms with E-state index >= 15 is 0 Å². The minimum atomic E-state index is -0.308. The number of rotatable bonds is 3. The van der Waals surface area contributed by atoms with Crippen LogP contribution in [0.25, 0.3) is 0 Å². The van der Waals surface area contributed by atoms with Gasteiger partial charge in [0.1, 0.15) is 11.7 Å². The number of benzene rings is 1. The van der Waals surface area contributed by atoms with Crippen LogP contribution < -0.4 is 0 Å². The molecule has 82 valence electrons. The zero-order valence-corrected chi connectivity index (χ0v) is 10.5. The van der Waals surface area contributed by atoms with E-state index in [-0.39, 0.29) is 17.6 Å². The molecule has 0 atom stereocenters. The van der Waals surface area contributed by atoms with Crippen LogP contribution >= 0.6 is 27.5 Å². The van der Waals surface area contributed by atoms with Gasteiger partial charge in [0.2, 0.25) is 5.91 Å². The molecule has 1 aromatic carbocycles. The fourth-order valence-corrected chi connectivity index (χ4v) is 1.78. The van der Waals surface area contributed by atoms with Crippen LogP contribution in [-0.2, 0) is 11.3 Å². The van der Waals surface area contributed by atoms with Crippen LogP contribution in [-0.4, -0.2) is 23.7 Å². The Kier molecular flexibility index (Phi) is 4.54. The Morgan fingerprint density at radius 3 is 2.80 bits per heavy atom. The molecule has 0 bridgehead atoms. The maximum absolute atomic E-state index is 12.8. The molecule has 1 aromatic rings. The first-order valence-electron chi connectivity index (χ1n) is 4.28. The number of nitrogens with zero attached hydrogens (tertiary/aromatic N) is 1. The minimum absolute atomic E-state index is 0.0463. The molecule has 1 amide bonds. The molecular formula is C10H10BrClFNO. The quantitative estimate of drug-likeness (QED) is 0.785. The van der Waals surface area contributed by atoms with Crippen LogP contribution in [0.15, 0.2) is 22.7 Å². The molecule has 1 rings (SSSR count). The van der Waals surface area contributed by atoms with E-state index < -0.39 is 0 Å². The van der Waals surface area contributed by atoms with E-state index in [1.807, 2.05) is 0 Å². The van der Waals surface area contributed by atoms with Gasteiger partial charge >= 0.3 is 0 Å². The van der Waals surface area contributed by atoms with Gasteiger partial charge in [-0.2, -0.15) is 0 Å². The first-order chi connectivity index (χ1) is 7.04. The van der Waals surface area contributed by atoms with Crippen molar-refractivity contribution in [3.8, 4) is 0 Å². The molecule has 15 heavy (non-hydrogen) atoms. The van der Waals surface area contributed by atoms with E-state index in [1.165, 1.54) is 17.0 Å². The molecule has 0 radical (unpaired) electrons. The van der Waals surface area contributed by atoms with Crippen molar-refractivity contribution in [3.05, 3.63) is 34.1 Å². The highest BCUT2D eigenvalue weighted by atomic mass is 79.9. The van der Waals surface area contributed by atoms with E-state index in [2.05, 4.69) is 15.9 Å². The smallest absolute Gasteiger partial charge is 0.237 e. The molecule has 5 heteroatoms. The van der Waals surface area contributed by atoms with Crippen molar-refractivity contribution < 1.29 is 9.18 Å². The lowest BCUT2D eigenvalue weighted by atomic mass is 10.2. The van der Waals surface area contributed by atoms with Crippen LogP contribution in [0.3, 0.4) is 0 Å². The summed E-state index contributed by atoms with van der Waals surface area (Å²) in [6.07, 6.45) is 0. The predicted octanol–water partition coefficient (Wildman–Crippen LogP) is 2.79. The molecule has 0 aromatic heterocycles. The molecule has 0 heterocycles. The fraction of sp³-hybridized carbons (Fsp3) is 0.300. The highest BCUT2D eigenvalue weighted by Gasteiger charge is 2.09. The lowest BCUT2D eigenvalue weighted by Gasteiger charge is -2.16. The van der Waals surface area contributed by atoms with Gasteiger partial charge in [0.05, 0.1) is 0 Å². The summed E-state index contributed by atoms with van der Waals surface area (Å²) in [5.41, 5.74) is 0.845. The summed E-state index contributed by atoms with van der Waals surface area (Å²) >= 11 is 8.65. The van der Waals surface area contributed by atoms with E-state index in [0.717, 1.165) is 5.56 Å². The van der Waals surface area contributed by atoms with Gasteiger partial charge in [-0.25, -0.2) is 4.39 Å². The van der Waals surface area contributed by atoms with Gasteiger partial charge in [0.25, 0.3) is 0 Å². The number of carbonyl (C=O) groups is 1. The standard InChI is InChI=1S/C10H10BrClFNO/c1-14(10(15)5-12)6-7-2-3-8(13)4-9(7)11/h2-4H,5-6H2,1H3. The van der Waals surface area contributed by atoms with Crippen LogP contribution in [0.1, 0.15) is 5.56 Å². The van der Waals surface area contributed by atoms with Crippen molar-refractivity contribution in [1.82, 2.24) is 4.90 Å². The van der Waals surface area contributed by atoms with Crippen molar-refractivity contribution in [2.45, 2.75) is 6.54 Å². The Bertz CT molecular complexity index is 372. The molecule has 0 saturated heterocycles. The maximum atomic E-state index is 12.8. The summed E-state index contributed by atoms with van der Waals surface area (Å²) < 4.78 is 13.4. The number of alkyl halides is 1. The largest absolute Gasteiger partial charge is 0.340 e. The average Bonchev–Trinajstić information content (AvgIpc) is 2.20. The average molecular weight is 295 g/mol. The van der Waals surface area contributed by atoms with Gasteiger partial charge in [-0.15, -0.1) is 11.6 Å². The van der Waals surface area contributed by atoms with E-state index in [1.54, 1.807) is 13.1 Å². The Balaban J connectivity index is 2.76. The summed E-state index contributed by atoms with van der Waals surface area (Å²) in [5.74, 6) is -0.514. The second-order valence-corrected chi connectivity index (χ2v) is 4.24. The molecule has 0 unspecified atom stereocenters. The van der Waals surface area contributed by atoms with E-state index in [0.29, 0.717) is 11.0 Å². The highest BCUT2D eigenvalue weighted by molar-refractivity contribution is 9.10. The molecule has 0 fully saturated rings. The van der Waals surface area contributed by atoms with Gasteiger partial charge in [-0.05, 0) is 17.7 Å². The lowest BCUT2D eigenvalue weighted by Crippen LogP contribution is -2.27. The summed E-state index contributed by atoms with van der Waals surface area (Å²) in [6.45, 7) is 0.409. The second-order valence-electron chi connectivity index (χ2n) is 3.12. The van der Waals surface area contributed by atoms with Crippen molar-refractivity contribution in [2.24, 2.45) is 0 Å². The number of hydrogen-bond acceptors (Lipinski definition) is 1. The number of carbonyl (C=O) groups excluding carboxylic acids is 1. The zero-order chi connectivity index (χ0) is 11.4. The molecule has 0 aliphatic heterocycles. The molecular weight excluding hydrogens is 284 g/mol. The highest BCUT2D eigenvalue weighted by Crippen LogP contribution is 2.19. The minimum Gasteiger partial charge on any atom is -0.340 e. The third-order valence-corrected chi connectivity index (χ3v) is 2.93. The molecule has 0 saturated carbocycles. The lowest BCUT2D eigenvalue weighted by molar-refractivity contribution is -0.127. The molecule has 0 N–H and O–H groups in total. The van der Waals surface area contributed by atoms with Gasteiger partial charge in [0, 0.05) is 18.1 Å². The monoisotopic (exact) mass is 293 g/mol. The first-order valence-corrected chi connectivity index (χ1v) is 5.61. The van der Waals surface area contributed by atoms with Gasteiger partial charge in [-0.3, -0.25) is 4.79 Å². The van der Waals surface area contributed by atoms with Crippen molar-refractivity contribution in [1.29, 1.82) is 0 Å². The van der Waals surface area contributed by atoms with Gasteiger partial charge in [-0.1, -0.05) is 22.0 Å². The molecule has 0 aliphatic rings. The number of amides is 1. The van der Waals surface area contributed by atoms with Crippen molar-refractivity contribution in [2.75, 3.05) is 12.9 Å². The second kappa shape index (κ2) is 5.47. The summed E-state index contributed by atoms with van der Waals surface area (Å²) in [4.78, 5) is 12.7. The summed E-state index contributed by atoms with van der Waals surface area (Å²) in [6, 6.07) is 4.37.